The summed E-state index contributed by atoms with van der Waals surface area (Å²) in [6.07, 6.45) is 2.49. The number of nitrogens with zero attached hydrogens (tertiary/aromatic N) is 1. The van der Waals surface area contributed by atoms with Crippen molar-refractivity contribution in [3.05, 3.63) is 41.2 Å². The highest BCUT2D eigenvalue weighted by atomic mass is 35.5. The van der Waals surface area contributed by atoms with Gasteiger partial charge in [-0.3, -0.25) is 4.79 Å². The van der Waals surface area contributed by atoms with Crippen molar-refractivity contribution >= 4 is 29.9 Å². The molecule has 1 heterocycles. The monoisotopic (exact) mass is 385 g/mol. The number of hydrogen-bond donors (Lipinski definition) is 2. The number of aromatic nitrogens is 1. The third-order valence-corrected chi connectivity index (χ3v) is 3.99. The molecule has 0 saturated carbocycles. The van der Waals surface area contributed by atoms with Crippen molar-refractivity contribution in [1.82, 2.24) is 10.3 Å². The summed E-state index contributed by atoms with van der Waals surface area (Å²) in [4.78, 5) is 16.7. The quantitative estimate of drug-likeness (QED) is 0.758. The molecule has 2 aromatic rings. The van der Waals surface area contributed by atoms with E-state index in [0.29, 0.717) is 29.1 Å². The molecule has 7 heteroatoms. The van der Waals surface area contributed by atoms with Crippen LogP contribution in [0.15, 0.2) is 34.9 Å². The van der Waals surface area contributed by atoms with Gasteiger partial charge in [0.05, 0.1) is 12.1 Å². The van der Waals surface area contributed by atoms with Gasteiger partial charge in [0.2, 0.25) is 11.8 Å². The average molecular weight is 386 g/mol. The van der Waals surface area contributed by atoms with Gasteiger partial charge in [0, 0.05) is 22.7 Å². The summed E-state index contributed by atoms with van der Waals surface area (Å²) >= 11 is 5.87. The van der Waals surface area contributed by atoms with Gasteiger partial charge >= 0.3 is 0 Å². The molecule has 5 nitrogen and oxygen atoms in total. The van der Waals surface area contributed by atoms with Crippen LogP contribution in [0.4, 0.5) is 0 Å². The number of hydrogen-bond acceptors (Lipinski definition) is 4. The Morgan fingerprint density at radius 1 is 1.36 bits per heavy atom. The minimum absolute atomic E-state index is 0. The van der Waals surface area contributed by atoms with Crippen LogP contribution in [0.25, 0.3) is 11.5 Å². The Labute approximate surface area is 159 Å². The van der Waals surface area contributed by atoms with Crippen LogP contribution in [0, 0.1) is 5.92 Å². The fourth-order valence-electron chi connectivity index (χ4n) is 2.74. The molecule has 0 radical (unpaired) electrons. The second-order valence-electron chi connectivity index (χ2n) is 6.74. The molecule has 1 amide bonds. The van der Waals surface area contributed by atoms with Crippen LogP contribution < -0.4 is 11.1 Å². The lowest BCUT2D eigenvalue weighted by Gasteiger charge is -2.31. The van der Waals surface area contributed by atoms with E-state index in [1.54, 1.807) is 12.1 Å². The third-order valence-electron chi connectivity index (χ3n) is 3.74. The first-order valence-corrected chi connectivity index (χ1v) is 8.40. The van der Waals surface area contributed by atoms with Crippen molar-refractivity contribution < 1.29 is 9.21 Å². The van der Waals surface area contributed by atoms with Gasteiger partial charge in [-0.25, -0.2) is 4.98 Å². The SMILES string of the molecule is CC(C)CC(C)(CN)NC(=O)Cc1coc(-c2ccc(Cl)cc2)n1.Cl. The summed E-state index contributed by atoms with van der Waals surface area (Å²) in [5.74, 6) is 0.806. The molecule has 0 aliphatic rings. The number of amides is 1. The lowest BCUT2D eigenvalue weighted by molar-refractivity contribution is -0.122. The lowest BCUT2D eigenvalue weighted by atomic mass is 9.90. The Balaban J connectivity index is 0.00000312. The maximum Gasteiger partial charge on any atom is 0.226 e. The van der Waals surface area contributed by atoms with Gasteiger partial charge in [0.25, 0.3) is 0 Å². The van der Waals surface area contributed by atoms with Gasteiger partial charge in [0.1, 0.15) is 6.26 Å². The molecule has 1 atom stereocenters. The summed E-state index contributed by atoms with van der Waals surface area (Å²) in [6.45, 7) is 6.57. The lowest BCUT2D eigenvalue weighted by Crippen LogP contribution is -2.52. The standard InChI is InChI=1S/C18H24ClN3O2.ClH/c1-12(2)9-18(3,11-20)22-16(23)8-15-10-24-17(21-15)13-4-6-14(19)7-5-13;/h4-7,10,12H,8-9,11,20H2,1-3H3,(H,22,23);1H. The van der Waals surface area contributed by atoms with E-state index in [0.717, 1.165) is 12.0 Å². The van der Waals surface area contributed by atoms with Gasteiger partial charge < -0.3 is 15.5 Å². The van der Waals surface area contributed by atoms with Gasteiger partial charge in [-0.05, 0) is 43.5 Å². The second-order valence-corrected chi connectivity index (χ2v) is 7.18. The fraction of sp³-hybridized carbons (Fsp3) is 0.444. The van der Waals surface area contributed by atoms with E-state index in [1.807, 2.05) is 19.1 Å². The van der Waals surface area contributed by atoms with E-state index in [1.165, 1.54) is 6.26 Å². The van der Waals surface area contributed by atoms with Crippen molar-refractivity contribution in [1.29, 1.82) is 0 Å². The highest BCUT2D eigenvalue weighted by Crippen LogP contribution is 2.21. The van der Waals surface area contributed by atoms with Crippen LogP contribution in [-0.2, 0) is 11.2 Å². The minimum atomic E-state index is -0.409. The Hall–Kier alpha value is -1.56. The number of carbonyl (C=O) groups is 1. The van der Waals surface area contributed by atoms with Crippen LogP contribution in [-0.4, -0.2) is 23.0 Å². The summed E-state index contributed by atoms with van der Waals surface area (Å²) < 4.78 is 5.45. The number of rotatable bonds is 7. The number of nitrogens with one attached hydrogen (secondary N) is 1. The first-order valence-electron chi connectivity index (χ1n) is 8.03. The number of halogens is 2. The summed E-state index contributed by atoms with van der Waals surface area (Å²) in [6, 6.07) is 7.19. The molecule has 0 aliphatic heterocycles. The van der Waals surface area contributed by atoms with Crippen LogP contribution in [0.5, 0.6) is 0 Å². The first kappa shape index (κ1) is 21.5. The van der Waals surface area contributed by atoms with Crippen molar-refractivity contribution in [3.8, 4) is 11.5 Å². The molecule has 0 saturated heterocycles. The number of carbonyl (C=O) groups excluding carboxylic acids is 1. The predicted molar refractivity (Wildman–Crippen MR) is 103 cm³/mol. The Bertz CT molecular complexity index is 686. The molecule has 138 valence electrons. The molecule has 0 spiro atoms. The smallest absolute Gasteiger partial charge is 0.226 e. The summed E-state index contributed by atoms with van der Waals surface area (Å²) in [5, 5.41) is 3.67. The zero-order chi connectivity index (χ0) is 17.7. The summed E-state index contributed by atoms with van der Waals surface area (Å²) in [5.41, 5.74) is 6.82. The van der Waals surface area contributed by atoms with Crippen molar-refractivity contribution in [3.63, 3.8) is 0 Å². The minimum Gasteiger partial charge on any atom is -0.444 e. The number of nitrogens with two attached hydrogens (primary N) is 1. The molecule has 0 fully saturated rings. The van der Waals surface area contributed by atoms with Crippen LogP contribution >= 0.6 is 24.0 Å². The molecule has 0 bridgehead atoms. The van der Waals surface area contributed by atoms with Gasteiger partial charge in [-0.15, -0.1) is 12.4 Å². The van der Waals surface area contributed by atoms with E-state index in [-0.39, 0.29) is 24.7 Å². The van der Waals surface area contributed by atoms with E-state index in [4.69, 9.17) is 21.8 Å². The van der Waals surface area contributed by atoms with E-state index < -0.39 is 5.54 Å². The maximum absolute atomic E-state index is 12.3. The number of benzene rings is 1. The molecule has 25 heavy (non-hydrogen) atoms. The highest BCUT2D eigenvalue weighted by molar-refractivity contribution is 6.30. The Morgan fingerprint density at radius 2 is 2.00 bits per heavy atom. The van der Waals surface area contributed by atoms with Crippen LogP contribution in [0.2, 0.25) is 5.02 Å². The molecule has 2 rings (SSSR count). The van der Waals surface area contributed by atoms with E-state index in [9.17, 15) is 4.79 Å². The molecule has 1 unspecified atom stereocenters. The third kappa shape index (κ3) is 6.34. The largest absolute Gasteiger partial charge is 0.444 e. The Kier molecular flexibility index (Phi) is 7.93. The molecule has 0 aliphatic carbocycles. The number of oxazole rings is 1. The predicted octanol–water partition coefficient (Wildman–Crippen LogP) is 3.84. The van der Waals surface area contributed by atoms with Gasteiger partial charge in [-0.1, -0.05) is 25.4 Å². The maximum atomic E-state index is 12.3. The van der Waals surface area contributed by atoms with Gasteiger partial charge in [0.15, 0.2) is 0 Å². The fourth-order valence-corrected chi connectivity index (χ4v) is 2.87. The molecular weight excluding hydrogens is 361 g/mol. The first-order chi connectivity index (χ1) is 11.3. The van der Waals surface area contributed by atoms with E-state index >= 15 is 0 Å². The zero-order valence-corrected chi connectivity index (χ0v) is 16.3. The van der Waals surface area contributed by atoms with Gasteiger partial charge in [-0.2, -0.15) is 0 Å². The Morgan fingerprint density at radius 3 is 2.56 bits per heavy atom. The zero-order valence-electron chi connectivity index (χ0n) is 14.7. The second kappa shape index (κ2) is 9.22. The topological polar surface area (TPSA) is 81.1 Å². The van der Waals surface area contributed by atoms with Crippen molar-refractivity contribution in [2.75, 3.05) is 6.54 Å². The molecule has 1 aromatic carbocycles. The summed E-state index contributed by atoms with van der Waals surface area (Å²) in [7, 11) is 0. The van der Waals surface area contributed by atoms with E-state index in [2.05, 4.69) is 24.1 Å². The van der Waals surface area contributed by atoms with Crippen molar-refractivity contribution in [2.45, 2.75) is 39.2 Å². The van der Waals surface area contributed by atoms with Crippen LogP contribution in [0.1, 0.15) is 32.9 Å². The normalized spacial score (nSPS) is 13.2. The van der Waals surface area contributed by atoms with Crippen LogP contribution in [0.3, 0.4) is 0 Å². The molecule has 1 aromatic heterocycles. The van der Waals surface area contributed by atoms with Crippen molar-refractivity contribution in [2.24, 2.45) is 11.7 Å². The molecular formula is C18H25Cl2N3O2. The molecule has 3 N–H and O–H groups in total. The average Bonchev–Trinajstić information content (AvgIpc) is 2.95. The highest BCUT2D eigenvalue weighted by Gasteiger charge is 2.26.